The van der Waals surface area contributed by atoms with Crippen molar-refractivity contribution >= 4 is 5.78 Å². The Bertz CT molecular complexity index is 524. The van der Waals surface area contributed by atoms with Crippen molar-refractivity contribution in [3.8, 4) is 5.75 Å². The monoisotopic (exact) mass is 302 g/mol. The van der Waals surface area contributed by atoms with E-state index in [1.807, 2.05) is 13.8 Å². The summed E-state index contributed by atoms with van der Waals surface area (Å²) < 4.78 is 11.2. The van der Waals surface area contributed by atoms with Crippen LogP contribution in [0, 0.1) is 0 Å². The zero-order valence-electron chi connectivity index (χ0n) is 14.0. The summed E-state index contributed by atoms with van der Waals surface area (Å²) in [5.74, 6) is 1.70. The highest BCUT2D eigenvalue weighted by molar-refractivity contribution is 5.94. The van der Waals surface area contributed by atoms with E-state index in [-0.39, 0.29) is 5.78 Å². The first-order chi connectivity index (χ1) is 10.6. The van der Waals surface area contributed by atoms with E-state index in [4.69, 9.17) is 9.47 Å². The van der Waals surface area contributed by atoms with Crippen molar-refractivity contribution in [3.63, 3.8) is 0 Å². The highest BCUT2D eigenvalue weighted by Crippen LogP contribution is 2.13. The molecule has 1 rings (SSSR count). The van der Waals surface area contributed by atoms with Crippen molar-refractivity contribution in [2.45, 2.75) is 40.5 Å². The van der Waals surface area contributed by atoms with Gasteiger partial charge in [-0.05, 0) is 63.1 Å². The van der Waals surface area contributed by atoms with Gasteiger partial charge in [-0.25, -0.2) is 0 Å². The minimum atomic E-state index is 0.0579. The molecule has 0 aliphatic carbocycles. The van der Waals surface area contributed by atoms with Gasteiger partial charge >= 0.3 is 0 Å². The largest absolute Gasteiger partial charge is 0.495 e. The van der Waals surface area contributed by atoms with Gasteiger partial charge in [0.25, 0.3) is 0 Å². The Morgan fingerprint density at radius 3 is 2.36 bits per heavy atom. The molecule has 1 aromatic carbocycles. The SMILES string of the molecule is CC=C(C=C(C)OCCOc1ccc(C(C)=O)cc1)CCC. The van der Waals surface area contributed by atoms with Crippen LogP contribution in [0.25, 0.3) is 0 Å². The molecule has 3 heteroatoms. The van der Waals surface area contributed by atoms with Crippen molar-refractivity contribution in [2.24, 2.45) is 0 Å². The number of carbonyl (C=O) groups is 1. The fourth-order valence-corrected chi connectivity index (χ4v) is 2.04. The molecule has 0 saturated heterocycles. The minimum absolute atomic E-state index is 0.0579. The van der Waals surface area contributed by atoms with E-state index >= 15 is 0 Å². The predicted molar refractivity (Wildman–Crippen MR) is 90.3 cm³/mol. The third-order valence-corrected chi connectivity index (χ3v) is 3.24. The number of allylic oxidation sites excluding steroid dienone is 4. The number of ketones is 1. The summed E-state index contributed by atoms with van der Waals surface area (Å²) in [5.41, 5.74) is 1.98. The van der Waals surface area contributed by atoms with Crippen molar-refractivity contribution < 1.29 is 14.3 Å². The molecule has 0 aromatic heterocycles. The fraction of sp³-hybridized carbons (Fsp3) is 0.421. The second-order valence-corrected chi connectivity index (χ2v) is 5.15. The van der Waals surface area contributed by atoms with Crippen LogP contribution >= 0.6 is 0 Å². The van der Waals surface area contributed by atoms with E-state index in [0.29, 0.717) is 18.8 Å². The van der Waals surface area contributed by atoms with E-state index in [2.05, 4.69) is 19.1 Å². The molecule has 0 bridgehead atoms. The van der Waals surface area contributed by atoms with Crippen LogP contribution in [0.15, 0.2) is 47.7 Å². The van der Waals surface area contributed by atoms with Gasteiger partial charge in [0.15, 0.2) is 5.78 Å². The average Bonchev–Trinajstić information content (AvgIpc) is 2.51. The highest BCUT2D eigenvalue weighted by Gasteiger charge is 2.00. The summed E-state index contributed by atoms with van der Waals surface area (Å²) in [6, 6.07) is 7.15. The van der Waals surface area contributed by atoms with Crippen LogP contribution in [-0.2, 0) is 4.74 Å². The Morgan fingerprint density at radius 2 is 1.82 bits per heavy atom. The number of hydrogen-bond donors (Lipinski definition) is 0. The number of hydrogen-bond acceptors (Lipinski definition) is 3. The summed E-state index contributed by atoms with van der Waals surface area (Å²) in [6.45, 7) is 8.70. The van der Waals surface area contributed by atoms with Crippen LogP contribution in [-0.4, -0.2) is 19.0 Å². The van der Waals surface area contributed by atoms with Crippen molar-refractivity contribution in [2.75, 3.05) is 13.2 Å². The summed E-state index contributed by atoms with van der Waals surface area (Å²) in [7, 11) is 0. The van der Waals surface area contributed by atoms with Gasteiger partial charge in [0.05, 0.1) is 5.76 Å². The van der Waals surface area contributed by atoms with Gasteiger partial charge in [-0.3, -0.25) is 4.79 Å². The summed E-state index contributed by atoms with van der Waals surface area (Å²) in [5, 5.41) is 0. The quantitative estimate of drug-likeness (QED) is 0.281. The molecule has 0 heterocycles. The Hall–Kier alpha value is -2.03. The van der Waals surface area contributed by atoms with Crippen molar-refractivity contribution in [1.82, 2.24) is 0 Å². The van der Waals surface area contributed by atoms with E-state index < -0.39 is 0 Å². The molecule has 1 aromatic rings. The Morgan fingerprint density at radius 1 is 1.14 bits per heavy atom. The Balaban J connectivity index is 2.35. The lowest BCUT2D eigenvalue weighted by Gasteiger charge is -2.09. The molecule has 22 heavy (non-hydrogen) atoms. The molecule has 3 nitrogen and oxygen atoms in total. The second kappa shape index (κ2) is 9.82. The van der Waals surface area contributed by atoms with Crippen LogP contribution in [0.5, 0.6) is 5.75 Å². The Labute approximate surface area is 133 Å². The molecule has 0 fully saturated rings. The molecule has 120 valence electrons. The van der Waals surface area contributed by atoms with Gasteiger partial charge in [0.1, 0.15) is 19.0 Å². The van der Waals surface area contributed by atoms with Crippen LogP contribution in [0.2, 0.25) is 0 Å². The summed E-state index contributed by atoms with van der Waals surface area (Å²) >= 11 is 0. The highest BCUT2D eigenvalue weighted by atomic mass is 16.5. The zero-order valence-corrected chi connectivity index (χ0v) is 14.0. The number of ether oxygens (including phenoxy) is 2. The first-order valence-electron chi connectivity index (χ1n) is 7.77. The van der Waals surface area contributed by atoms with Crippen LogP contribution in [0.1, 0.15) is 50.9 Å². The normalized spacial score (nSPS) is 12.2. The van der Waals surface area contributed by atoms with Gasteiger partial charge in [0, 0.05) is 5.56 Å². The molecule has 0 unspecified atom stereocenters. The van der Waals surface area contributed by atoms with Gasteiger partial charge in [0.2, 0.25) is 0 Å². The lowest BCUT2D eigenvalue weighted by molar-refractivity contribution is 0.101. The molecular weight excluding hydrogens is 276 g/mol. The number of Topliss-reactive ketones (excluding diaryl/α,β-unsaturated/α-hetero) is 1. The standard InChI is InChI=1S/C19H26O3/c1-5-7-17(6-2)14-15(3)21-12-13-22-19-10-8-18(9-11-19)16(4)20/h6,8-11,14H,5,7,12-13H2,1-4H3. The van der Waals surface area contributed by atoms with Crippen LogP contribution in [0.4, 0.5) is 0 Å². The molecule has 0 amide bonds. The number of benzene rings is 1. The zero-order chi connectivity index (χ0) is 16.4. The first kappa shape index (κ1) is 18.0. The van der Waals surface area contributed by atoms with E-state index in [1.165, 1.54) is 5.57 Å². The summed E-state index contributed by atoms with van der Waals surface area (Å²) in [4.78, 5) is 11.2. The fourth-order valence-electron chi connectivity index (χ4n) is 2.04. The van der Waals surface area contributed by atoms with E-state index in [1.54, 1.807) is 31.2 Å². The first-order valence-corrected chi connectivity index (χ1v) is 7.77. The van der Waals surface area contributed by atoms with Gasteiger partial charge in [-0.2, -0.15) is 0 Å². The molecule has 0 aliphatic rings. The van der Waals surface area contributed by atoms with Gasteiger partial charge in [-0.1, -0.05) is 19.4 Å². The number of carbonyl (C=O) groups excluding carboxylic acids is 1. The predicted octanol–water partition coefficient (Wildman–Crippen LogP) is 4.93. The molecule has 0 saturated carbocycles. The maximum Gasteiger partial charge on any atom is 0.159 e. The molecule has 0 N–H and O–H groups in total. The second-order valence-electron chi connectivity index (χ2n) is 5.15. The lowest BCUT2D eigenvalue weighted by atomic mass is 10.1. The van der Waals surface area contributed by atoms with Crippen LogP contribution < -0.4 is 4.74 Å². The molecular formula is C19H26O3. The van der Waals surface area contributed by atoms with Crippen molar-refractivity contribution in [1.29, 1.82) is 0 Å². The average molecular weight is 302 g/mol. The lowest BCUT2D eigenvalue weighted by Crippen LogP contribution is -2.06. The van der Waals surface area contributed by atoms with E-state index in [0.717, 1.165) is 24.4 Å². The smallest absolute Gasteiger partial charge is 0.159 e. The Kier molecular flexibility index (Phi) is 8.05. The number of rotatable bonds is 9. The third kappa shape index (κ3) is 6.61. The maximum absolute atomic E-state index is 11.2. The van der Waals surface area contributed by atoms with Gasteiger partial charge in [-0.15, -0.1) is 0 Å². The van der Waals surface area contributed by atoms with Crippen molar-refractivity contribution in [3.05, 3.63) is 53.3 Å². The molecule has 0 aliphatic heterocycles. The topological polar surface area (TPSA) is 35.5 Å². The summed E-state index contributed by atoms with van der Waals surface area (Å²) in [6.07, 6.45) is 6.38. The van der Waals surface area contributed by atoms with E-state index in [9.17, 15) is 4.79 Å². The molecule has 0 radical (unpaired) electrons. The minimum Gasteiger partial charge on any atom is -0.495 e. The third-order valence-electron chi connectivity index (χ3n) is 3.24. The molecule has 0 spiro atoms. The maximum atomic E-state index is 11.2. The van der Waals surface area contributed by atoms with Crippen LogP contribution in [0.3, 0.4) is 0 Å². The van der Waals surface area contributed by atoms with Gasteiger partial charge < -0.3 is 9.47 Å². The molecule has 0 atom stereocenters.